The van der Waals surface area contributed by atoms with Gasteiger partial charge in [0.1, 0.15) is 5.75 Å². The Morgan fingerprint density at radius 2 is 1.49 bits per heavy atom. The number of ketones is 1. The van der Waals surface area contributed by atoms with Crippen LogP contribution in [0.25, 0.3) is 0 Å². The Balaban J connectivity index is 1.71. The highest BCUT2D eigenvalue weighted by atomic mass is 35.5. The summed E-state index contributed by atoms with van der Waals surface area (Å²) in [4.78, 5) is 36.8. The first-order valence-corrected chi connectivity index (χ1v) is 13.1. The van der Waals surface area contributed by atoms with Crippen LogP contribution in [-0.4, -0.2) is 47.8 Å². The van der Waals surface area contributed by atoms with E-state index in [9.17, 15) is 14.4 Å². The van der Waals surface area contributed by atoms with Gasteiger partial charge in [0.25, 0.3) is 5.91 Å². The molecule has 0 heterocycles. The minimum absolute atomic E-state index is 0.0184. The van der Waals surface area contributed by atoms with Gasteiger partial charge in [0.15, 0.2) is 11.4 Å². The lowest BCUT2D eigenvalue weighted by Gasteiger charge is -2.25. The van der Waals surface area contributed by atoms with Crippen molar-refractivity contribution in [3.8, 4) is 5.75 Å². The number of nitrogens with one attached hydrogen (secondary N) is 2. The Bertz CT molecular complexity index is 1000. The first-order valence-electron chi connectivity index (χ1n) is 11.6. The maximum atomic E-state index is 12.6. The minimum atomic E-state index is -1.08. The standard InChI is InChI=1S/C27H33ClN2O4S/c1-4-5-6-7-24(31)29-16-18-35-19-17-30-26(33)27(2,3)34-23-14-10-21(11-15-23)25(32)20-8-12-22(28)13-9-20/h5-6,8-15H,4,7,16-19H2,1-3H3,(H,29,31)(H,30,33)/b6-5-. The van der Waals surface area contributed by atoms with E-state index in [-0.39, 0.29) is 17.6 Å². The van der Waals surface area contributed by atoms with E-state index in [1.807, 2.05) is 19.1 Å². The van der Waals surface area contributed by atoms with Gasteiger partial charge in [-0.25, -0.2) is 0 Å². The van der Waals surface area contributed by atoms with Crippen LogP contribution in [0, 0.1) is 0 Å². The highest BCUT2D eigenvalue weighted by Crippen LogP contribution is 2.21. The van der Waals surface area contributed by atoms with Crippen molar-refractivity contribution in [2.75, 3.05) is 24.6 Å². The van der Waals surface area contributed by atoms with E-state index in [4.69, 9.17) is 16.3 Å². The van der Waals surface area contributed by atoms with Crippen molar-refractivity contribution in [1.82, 2.24) is 10.6 Å². The lowest BCUT2D eigenvalue weighted by Crippen LogP contribution is -2.47. The highest BCUT2D eigenvalue weighted by molar-refractivity contribution is 7.99. The van der Waals surface area contributed by atoms with Gasteiger partial charge < -0.3 is 15.4 Å². The fourth-order valence-corrected chi connectivity index (χ4v) is 3.85. The number of rotatable bonds is 14. The predicted molar refractivity (Wildman–Crippen MR) is 143 cm³/mol. The SMILES string of the molecule is CC/C=C\CC(=O)NCCSCCNC(=O)C(C)(C)Oc1ccc(C(=O)c2ccc(Cl)cc2)cc1. The molecule has 0 radical (unpaired) electrons. The van der Waals surface area contributed by atoms with Gasteiger partial charge in [-0.15, -0.1) is 0 Å². The summed E-state index contributed by atoms with van der Waals surface area (Å²) < 4.78 is 5.88. The smallest absolute Gasteiger partial charge is 0.263 e. The zero-order valence-electron chi connectivity index (χ0n) is 20.4. The summed E-state index contributed by atoms with van der Waals surface area (Å²) in [5.74, 6) is 1.68. The molecule has 0 aliphatic rings. The van der Waals surface area contributed by atoms with Crippen LogP contribution in [0.15, 0.2) is 60.7 Å². The third-order valence-corrected chi connectivity index (χ3v) is 6.19. The second kappa shape index (κ2) is 14.6. The van der Waals surface area contributed by atoms with Crippen LogP contribution in [0.4, 0.5) is 0 Å². The first-order chi connectivity index (χ1) is 16.7. The molecule has 0 aromatic heterocycles. The molecule has 0 saturated carbocycles. The van der Waals surface area contributed by atoms with Gasteiger partial charge in [-0.1, -0.05) is 30.7 Å². The molecule has 6 nitrogen and oxygen atoms in total. The van der Waals surface area contributed by atoms with E-state index in [1.165, 1.54) is 0 Å². The van der Waals surface area contributed by atoms with Gasteiger partial charge in [-0.05, 0) is 68.8 Å². The van der Waals surface area contributed by atoms with Crippen molar-refractivity contribution in [2.45, 2.75) is 39.2 Å². The van der Waals surface area contributed by atoms with E-state index in [1.54, 1.807) is 74.1 Å². The van der Waals surface area contributed by atoms with Gasteiger partial charge in [-0.2, -0.15) is 11.8 Å². The van der Waals surface area contributed by atoms with Crippen molar-refractivity contribution in [3.05, 3.63) is 76.8 Å². The quantitative estimate of drug-likeness (QED) is 0.208. The fourth-order valence-electron chi connectivity index (χ4n) is 3.03. The lowest BCUT2D eigenvalue weighted by atomic mass is 10.0. The van der Waals surface area contributed by atoms with Crippen LogP contribution in [0.1, 0.15) is 49.5 Å². The van der Waals surface area contributed by atoms with Crippen LogP contribution in [-0.2, 0) is 9.59 Å². The third-order valence-electron chi connectivity index (χ3n) is 4.95. The molecule has 0 saturated heterocycles. The third kappa shape index (κ3) is 10.2. The molecule has 188 valence electrons. The van der Waals surface area contributed by atoms with E-state index >= 15 is 0 Å². The molecule has 0 fully saturated rings. The van der Waals surface area contributed by atoms with Crippen LogP contribution >= 0.6 is 23.4 Å². The predicted octanol–water partition coefficient (Wildman–Crippen LogP) is 5.05. The highest BCUT2D eigenvalue weighted by Gasteiger charge is 2.29. The number of carbonyl (C=O) groups is 3. The molecule has 0 unspecified atom stereocenters. The average molecular weight is 517 g/mol. The number of hydrogen-bond donors (Lipinski definition) is 2. The molecular weight excluding hydrogens is 484 g/mol. The molecule has 35 heavy (non-hydrogen) atoms. The van der Waals surface area contributed by atoms with Gasteiger partial charge >= 0.3 is 0 Å². The Morgan fingerprint density at radius 1 is 0.914 bits per heavy atom. The summed E-state index contributed by atoms with van der Waals surface area (Å²) >= 11 is 7.54. The van der Waals surface area contributed by atoms with E-state index in [2.05, 4.69) is 10.6 Å². The van der Waals surface area contributed by atoms with E-state index < -0.39 is 5.60 Å². The van der Waals surface area contributed by atoms with Crippen LogP contribution < -0.4 is 15.4 Å². The Kier molecular flexibility index (Phi) is 11.9. The molecule has 0 spiro atoms. The van der Waals surface area contributed by atoms with Crippen molar-refractivity contribution in [1.29, 1.82) is 0 Å². The minimum Gasteiger partial charge on any atom is -0.478 e. The summed E-state index contributed by atoms with van der Waals surface area (Å²) in [5.41, 5.74) is -0.00784. The summed E-state index contributed by atoms with van der Waals surface area (Å²) in [5, 5.41) is 6.33. The van der Waals surface area contributed by atoms with Crippen LogP contribution in [0.3, 0.4) is 0 Å². The lowest BCUT2D eigenvalue weighted by molar-refractivity contribution is -0.134. The Hall–Kier alpha value is -2.77. The van der Waals surface area contributed by atoms with Gasteiger partial charge in [0.2, 0.25) is 5.91 Å². The normalized spacial score (nSPS) is 11.3. The molecule has 0 atom stereocenters. The number of halogens is 1. The fraction of sp³-hybridized carbons (Fsp3) is 0.370. The second-order valence-corrected chi connectivity index (χ2v) is 9.94. The molecule has 2 N–H and O–H groups in total. The molecule has 0 bridgehead atoms. The molecular formula is C27H33ClN2O4S. The Labute approximate surface area is 216 Å². The van der Waals surface area contributed by atoms with Gasteiger partial charge in [0.05, 0.1) is 0 Å². The number of ether oxygens (including phenoxy) is 1. The molecule has 2 aromatic rings. The maximum absolute atomic E-state index is 12.6. The summed E-state index contributed by atoms with van der Waals surface area (Å²) in [7, 11) is 0. The number of benzene rings is 2. The monoisotopic (exact) mass is 516 g/mol. The summed E-state index contributed by atoms with van der Waals surface area (Å²) in [6.07, 6.45) is 5.18. The summed E-state index contributed by atoms with van der Waals surface area (Å²) in [6, 6.07) is 13.4. The van der Waals surface area contributed by atoms with Crippen LogP contribution in [0.5, 0.6) is 5.75 Å². The van der Waals surface area contributed by atoms with Crippen molar-refractivity contribution in [3.63, 3.8) is 0 Å². The molecule has 2 rings (SSSR count). The number of amides is 2. The zero-order valence-corrected chi connectivity index (χ0v) is 22.0. The first kappa shape index (κ1) is 28.5. The average Bonchev–Trinajstić information content (AvgIpc) is 2.83. The largest absolute Gasteiger partial charge is 0.478 e. The van der Waals surface area contributed by atoms with E-state index in [0.717, 1.165) is 17.9 Å². The van der Waals surface area contributed by atoms with E-state index in [0.29, 0.717) is 41.4 Å². The maximum Gasteiger partial charge on any atom is 0.263 e. The zero-order chi connectivity index (χ0) is 25.7. The van der Waals surface area contributed by atoms with Crippen LogP contribution in [0.2, 0.25) is 5.02 Å². The number of hydrogen-bond acceptors (Lipinski definition) is 5. The van der Waals surface area contributed by atoms with Gasteiger partial charge in [-0.3, -0.25) is 14.4 Å². The van der Waals surface area contributed by atoms with Crippen molar-refractivity contribution in [2.24, 2.45) is 0 Å². The topological polar surface area (TPSA) is 84.5 Å². The summed E-state index contributed by atoms with van der Waals surface area (Å²) in [6.45, 7) is 6.53. The molecule has 0 aliphatic heterocycles. The molecule has 2 aromatic carbocycles. The number of carbonyl (C=O) groups excluding carboxylic acids is 3. The molecule has 0 aliphatic carbocycles. The van der Waals surface area contributed by atoms with Gasteiger partial charge in [0, 0.05) is 47.2 Å². The second-order valence-electron chi connectivity index (χ2n) is 8.27. The molecule has 8 heteroatoms. The Morgan fingerprint density at radius 3 is 2.09 bits per heavy atom. The number of thioether (sulfide) groups is 1. The molecule has 2 amide bonds. The number of allylic oxidation sites excluding steroid dienone is 1. The van der Waals surface area contributed by atoms with Crippen molar-refractivity contribution >= 4 is 41.0 Å². The van der Waals surface area contributed by atoms with Crippen molar-refractivity contribution < 1.29 is 19.1 Å².